The molecule has 1 aromatic heterocycles. The molecule has 0 N–H and O–H groups in total. The summed E-state index contributed by atoms with van der Waals surface area (Å²) in [5, 5.41) is 0. The molecule has 0 aliphatic rings. The summed E-state index contributed by atoms with van der Waals surface area (Å²) in [6, 6.07) is 10.8. The van der Waals surface area contributed by atoms with Gasteiger partial charge in [0.2, 0.25) is 0 Å². The van der Waals surface area contributed by atoms with E-state index >= 15 is 0 Å². The lowest BCUT2D eigenvalue weighted by Crippen LogP contribution is -1.88. The maximum absolute atomic E-state index is 3.75. The molecule has 90 valence electrons. The maximum Gasteiger partial charge on any atom is 0.0843 e. The van der Waals surface area contributed by atoms with Crippen molar-refractivity contribution < 1.29 is 0 Å². The highest BCUT2D eigenvalue weighted by molar-refractivity contribution is 9.13. The van der Waals surface area contributed by atoms with Crippen molar-refractivity contribution in [3.63, 3.8) is 0 Å². The predicted molar refractivity (Wildman–Crippen MR) is 88.7 cm³/mol. The Hall–Kier alpha value is 0.710. The second kappa shape index (κ2) is 6.24. The van der Waals surface area contributed by atoms with Crippen LogP contribution >= 0.6 is 70.9 Å². The van der Waals surface area contributed by atoms with Crippen LogP contribution in [-0.4, -0.2) is 6.26 Å². The van der Waals surface area contributed by atoms with E-state index in [1.807, 2.05) is 0 Å². The van der Waals surface area contributed by atoms with E-state index in [4.69, 9.17) is 0 Å². The molecule has 0 fully saturated rings. The Balaban J connectivity index is 2.26. The fraction of sp³-hybridized carbons (Fsp3) is 0.167. The van der Waals surface area contributed by atoms with Gasteiger partial charge in [-0.1, -0.05) is 28.1 Å². The van der Waals surface area contributed by atoms with Crippen LogP contribution in [0.3, 0.4) is 0 Å². The molecular formula is C12H9Br3S2. The van der Waals surface area contributed by atoms with Crippen molar-refractivity contribution in [1.82, 2.24) is 0 Å². The third-order valence-corrected chi connectivity index (χ3v) is 7.71. The molecular weight excluding hydrogens is 448 g/mol. The summed E-state index contributed by atoms with van der Waals surface area (Å²) in [4.78, 5) is 2.84. The molecule has 0 aliphatic carbocycles. The van der Waals surface area contributed by atoms with E-state index in [2.05, 4.69) is 84.4 Å². The Morgan fingerprint density at radius 3 is 2.29 bits per heavy atom. The molecule has 2 rings (SSSR count). The number of thiophene rings is 1. The highest BCUT2D eigenvalue weighted by atomic mass is 79.9. The fourth-order valence-electron chi connectivity index (χ4n) is 1.43. The van der Waals surface area contributed by atoms with Crippen LogP contribution in [0.25, 0.3) is 0 Å². The minimum atomic E-state index is 0.256. The molecule has 1 unspecified atom stereocenters. The molecule has 0 bridgehead atoms. The van der Waals surface area contributed by atoms with E-state index in [1.54, 1.807) is 23.1 Å². The van der Waals surface area contributed by atoms with Gasteiger partial charge in [0.1, 0.15) is 0 Å². The van der Waals surface area contributed by atoms with Crippen LogP contribution in [0.4, 0.5) is 0 Å². The van der Waals surface area contributed by atoms with Crippen molar-refractivity contribution in [1.29, 1.82) is 0 Å². The van der Waals surface area contributed by atoms with Gasteiger partial charge in [-0.25, -0.2) is 0 Å². The molecule has 17 heavy (non-hydrogen) atoms. The van der Waals surface area contributed by atoms with E-state index in [9.17, 15) is 0 Å². The smallest absolute Gasteiger partial charge is 0.0843 e. The maximum atomic E-state index is 3.75. The molecule has 1 atom stereocenters. The quantitative estimate of drug-likeness (QED) is 0.376. The summed E-state index contributed by atoms with van der Waals surface area (Å²) in [7, 11) is 0. The second-order valence-electron chi connectivity index (χ2n) is 3.41. The minimum Gasteiger partial charge on any atom is -0.131 e. The molecule has 2 aromatic rings. The van der Waals surface area contributed by atoms with Crippen LogP contribution in [0, 0.1) is 0 Å². The molecule has 1 aromatic carbocycles. The zero-order valence-electron chi connectivity index (χ0n) is 8.91. The van der Waals surface area contributed by atoms with E-state index in [0.717, 1.165) is 8.26 Å². The Morgan fingerprint density at radius 2 is 1.82 bits per heavy atom. The Labute approximate surface area is 135 Å². The third-order valence-electron chi connectivity index (χ3n) is 2.32. The molecule has 1 heterocycles. The van der Waals surface area contributed by atoms with Crippen LogP contribution < -0.4 is 0 Å². The lowest BCUT2D eigenvalue weighted by molar-refractivity contribution is 1.21. The van der Waals surface area contributed by atoms with Gasteiger partial charge in [-0.05, 0) is 61.9 Å². The molecule has 0 nitrogen and oxygen atoms in total. The zero-order chi connectivity index (χ0) is 12.4. The minimum absolute atomic E-state index is 0.256. The van der Waals surface area contributed by atoms with Crippen molar-refractivity contribution in [2.45, 2.75) is 9.72 Å². The Morgan fingerprint density at radius 1 is 1.18 bits per heavy atom. The monoisotopic (exact) mass is 454 g/mol. The number of benzene rings is 1. The predicted octanol–water partition coefficient (Wildman–Crippen LogP) is 6.48. The summed E-state index contributed by atoms with van der Waals surface area (Å²) >= 11 is 14.3. The molecule has 0 saturated carbocycles. The van der Waals surface area contributed by atoms with Crippen LogP contribution in [-0.2, 0) is 0 Å². The average molecular weight is 457 g/mol. The fourth-order valence-corrected chi connectivity index (χ4v) is 4.65. The normalized spacial score (nSPS) is 12.7. The molecule has 0 radical (unpaired) electrons. The van der Waals surface area contributed by atoms with Crippen LogP contribution in [0.2, 0.25) is 0 Å². The average Bonchev–Trinajstić information content (AvgIpc) is 2.69. The number of thioether (sulfide) groups is 1. The van der Waals surface area contributed by atoms with Crippen molar-refractivity contribution in [3.05, 3.63) is 49.0 Å². The standard InChI is InChI=1S/C12H9Br3S2/c1-16-8-4-2-7(3-5-8)11(14)10-6-9(13)12(15)17-10/h2-6,11H,1H3. The first-order chi connectivity index (χ1) is 8.11. The molecule has 0 amide bonds. The number of halogens is 3. The third kappa shape index (κ3) is 3.38. The van der Waals surface area contributed by atoms with Crippen molar-refractivity contribution in [2.24, 2.45) is 0 Å². The highest BCUT2D eigenvalue weighted by Crippen LogP contribution is 2.41. The SMILES string of the molecule is CSc1ccc(C(Br)c2cc(Br)c(Br)s2)cc1. The van der Waals surface area contributed by atoms with Gasteiger partial charge in [0, 0.05) is 14.2 Å². The van der Waals surface area contributed by atoms with E-state index < -0.39 is 0 Å². The summed E-state index contributed by atoms with van der Waals surface area (Å²) in [6.45, 7) is 0. The van der Waals surface area contributed by atoms with Crippen LogP contribution in [0.1, 0.15) is 15.3 Å². The molecule has 0 saturated heterocycles. The van der Waals surface area contributed by atoms with Crippen molar-refractivity contribution >= 4 is 70.9 Å². The second-order valence-corrected chi connectivity index (χ2v) is 8.46. The molecule has 5 heteroatoms. The molecule has 0 spiro atoms. The Bertz CT molecular complexity index is 485. The largest absolute Gasteiger partial charge is 0.131 e. The van der Waals surface area contributed by atoms with Gasteiger partial charge in [0.05, 0.1) is 8.61 Å². The van der Waals surface area contributed by atoms with E-state index in [1.165, 1.54) is 15.3 Å². The lowest BCUT2D eigenvalue weighted by atomic mass is 10.1. The summed E-state index contributed by atoms with van der Waals surface area (Å²) in [5.41, 5.74) is 1.28. The highest BCUT2D eigenvalue weighted by Gasteiger charge is 2.14. The van der Waals surface area contributed by atoms with Crippen molar-refractivity contribution in [2.75, 3.05) is 6.26 Å². The number of rotatable bonds is 3. The number of alkyl halides is 1. The van der Waals surface area contributed by atoms with Crippen LogP contribution in [0.15, 0.2) is 43.5 Å². The summed E-state index contributed by atoms with van der Waals surface area (Å²) in [6.07, 6.45) is 2.09. The first-order valence-electron chi connectivity index (χ1n) is 4.84. The summed E-state index contributed by atoms with van der Waals surface area (Å²) in [5.74, 6) is 0. The van der Waals surface area contributed by atoms with Crippen LogP contribution in [0.5, 0.6) is 0 Å². The van der Waals surface area contributed by atoms with Gasteiger partial charge in [-0.3, -0.25) is 0 Å². The van der Waals surface area contributed by atoms with Gasteiger partial charge in [-0.2, -0.15) is 0 Å². The number of hydrogen-bond donors (Lipinski definition) is 0. The Kier molecular flexibility index (Phi) is 5.18. The van der Waals surface area contributed by atoms with Gasteiger partial charge < -0.3 is 0 Å². The van der Waals surface area contributed by atoms with Gasteiger partial charge in [-0.15, -0.1) is 23.1 Å². The van der Waals surface area contributed by atoms with Crippen molar-refractivity contribution in [3.8, 4) is 0 Å². The lowest BCUT2D eigenvalue weighted by Gasteiger charge is -2.08. The molecule has 0 aliphatic heterocycles. The van der Waals surface area contributed by atoms with E-state index in [-0.39, 0.29) is 4.83 Å². The summed E-state index contributed by atoms with van der Waals surface area (Å²) < 4.78 is 2.25. The van der Waals surface area contributed by atoms with Gasteiger partial charge in [0.15, 0.2) is 0 Å². The topological polar surface area (TPSA) is 0 Å². The van der Waals surface area contributed by atoms with Gasteiger partial charge >= 0.3 is 0 Å². The van der Waals surface area contributed by atoms with Gasteiger partial charge in [0.25, 0.3) is 0 Å². The number of hydrogen-bond acceptors (Lipinski definition) is 2. The first kappa shape index (κ1) is 14.1. The first-order valence-corrected chi connectivity index (χ1v) is 9.39. The van der Waals surface area contributed by atoms with E-state index in [0.29, 0.717) is 0 Å². The zero-order valence-corrected chi connectivity index (χ0v) is 15.3.